The standard InChI is InChI=1S/C25H25F3N8O2/c1-15-24(33-34-36(15)19-3-5-30-6-4-19)16-8-22-32-13-20(10-29)35(22)23(9-16)38-21(14-37-2)17-7-18(12-31-11-17)25(26,27)28/h7-9,11-13,19,21,30H,3-6,14H2,1-2H3. The number of hydrogen-bond acceptors (Lipinski definition) is 8. The molecular weight excluding hydrogens is 501 g/mol. The van der Waals surface area contributed by atoms with E-state index in [0.717, 1.165) is 43.9 Å². The number of hydrogen-bond donors (Lipinski definition) is 1. The van der Waals surface area contributed by atoms with Gasteiger partial charge >= 0.3 is 6.18 Å². The number of imidazole rings is 1. The highest BCUT2D eigenvalue weighted by Crippen LogP contribution is 2.34. The Morgan fingerprint density at radius 3 is 2.68 bits per heavy atom. The van der Waals surface area contributed by atoms with E-state index in [9.17, 15) is 18.4 Å². The van der Waals surface area contributed by atoms with E-state index in [2.05, 4.69) is 31.7 Å². The van der Waals surface area contributed by atoms with Crippen molar-refractivity contribution in [3.8, 4) is 23.2 Å². The van der Waals surface area contributed by atoms with E-state index in [0.29, 0.717) is 16.9 Å². The minimum absolute atomic E-state index is 0.0593. The number of methoxy groups -OCH3 is 1. The molecule has 1 atom stereocenters. The fourth-order valence-electron chi connectivity index (χ4n) is 4.67. The zero-order chi connectivity index (χ0) is 26.9. The molecule has 0 bridgehead atoms. The summed E-state index contributed by atoms with van der Waals surface area (Å²) in [4.78, 5) is 8.09. The zero-order valence-electron chi connectivity index (χ0n) is 20.7. The van der Waals surface area contributed by atoms with Gasteiger partial charge in [0, 0.05) is 36.7 Å². The van der Waals surface area contributed by atoms with Crippen LogP contribution in [-0.4, -0.2) is 56.2 Å². The first kappa shape index (κ1) is 25.6. The first-order valence-corrected chi connectivity index (χ1v) is 12.0. The van der Waals surface area contributed by atoms with Crippen LogP contribution in [-0.2, 0) is 10.9 Å². The van der Waals surface area contributed by atoms with Crippen molar-refractivity contribution in [2.24, 2.45) is 0 Å². The maximum absolute atomic E-state index is 13.3. The zero-order valence-corrected chi connectivity index (χ0v) is 20.7. The summed E-state index contributed by atoms with van der Waals surface area (Å²) in [6.45, 7) is 3.69. The van der Waals surface area contributed by atoms with Gasteiger partial charge in [0.15, 0.2) is 6.10 Å². The Kier molecular flexibility index (Phi) is 7.00. The van der Waals surface area contributed by atoms with Crippen LogP contribution in [0.4, 0.5) is 13.2 Å². The number of ether oxygens (including phenoxy) is 2. The average Bonchev–Trinajstić information content (AvgIpc) is 3.51. The van der Waals surface area contributed by atoms with Gasteiger partial charge in [-0.05, 0) is 45.0 Å². The quantitative estimate of drug-likeness (QED) is 0.386. The third-order valence-corrected chi connectivity index (χ3v) is 6.58. The van der Waals surface area contributed by atoms with E-state index in [-0.39, 0.29) is 29.8 Å². The van der Waals surface area contributed by atoms with Crippen molar-refractivity contribution in [1.82, 2.24) is 34.7 Å². The largest absolute Gasteiger partial charge is 0.468 e. The van der Waals surface area contributed by atoms with E-state index in [1.165, 1.54) is 23.9 Å². The van der Waals surface area contributed by atoms with Crippen LogP contribution >= 0.6 is 0 Å². The molecule has 0 saturated carbocycles. The summed E-state index contributed by atoms with van der Waals surface area (Å²) >= 11 is 0. The minimum atomic E-state index is -4.57. The van der Waals surface area contributed by atoms with E-state index < -0.39 is 17.8 Å². The smallest absolute Gasteiger partial charge is 0.417 e. The average molecular weight is 527 g/mol. The minimum Gasteiger partial charge on any atom is -0.468 e. The highest BCUT2D eigenvalue weighted by molar-refractivity contribution is 5.68. The van der Waals surface area contributed by atoms with Crippen LogP contribution in [0.15, 0.2) is 36.8 Å². The summed E-state index contributed by atoms with van der Waals surface area (Å²) in [6, 6.07) is 6.74. The Morgan fingerprint density at radius 2 is 1.97 bits per heavy atom. The van der Waals surface area contributed by atoms with Crippen molar-refractivity contribution in [3.63, 3.8) is 0 Å². The number of rotatable bonds is 7. The van der Waals surface area contributed by atoms with Gasteiger partial charge in [-0.1, -0.05) is 5.21 Å². The molecule has 1 aliphatic rings. The van der Waals surface area contributed by atoms with Gasteiger partial charge in [0.05, 0.1) is 30.1 Å². The van der Waals surface area contributed by atoms with Gasteiger partial charge in [-0.2, -0.15) is 18.4 Å². The summed E-state index contributed by atoms with van der Waals surface area (Å²) in [5, 5.41) is 21.8. The van der Waals surface area contributed by atoms with Gasteiger partial charge in [0.25, 0.3) is 0 Å². The monoisotopic (exact) mass is 526 g/mol. The number of fused-ring (bicyclic) bond motifs is 1. The fraction of sp³-hybridized carbons (Fsp3) is 0.400. The third-order valence-electron chi connectivity index (χ3n) is 6.58. The highest BCUT2D eigenvalue weighted by Gasteiger charge is 2.32. The third kappa shape index (κ3) is 4.92. The number of nitrogens with one attached hydrogen (secondary N) is 1. The molecule has 5 heterocycles. The highest BCUT2D eigenvalue weighted by atomic mass is 19.4. The van der Waals surface area contributed by atoms with Crippen LogP contribution in [0.1, 0.15) is 47.5 Å². The molecule has 0 spiro atoms. The van der Waals surface area contributed by atoms with E-state index in [4.69, 9.17) is 9.47 Å². The van der Waals surface area contributed by atoms with Crippen molar-refractivity contribution in [2.75, 3.05) is 26.8 Å². The predicted octanol–water partition coefficient (Wildman–Crippen LogP) is 3.88. The Hall–Kier alpha value is -4.02. The summed E-state index contributed by atoms with van der Waals surface area (Å²) in [5.74, 6) is 0.196. The molecule has 0 amide bonds. The van der Waals surface area contributed by atoms with Gasteiger partial charge in [-0.3, -0.25) is 9.38 Å². The van der Waals surface area contributed by atoms with Gasteiger partial charge < -0.3 is 14.8 Å². The molecule has 38 heavy (non-hydrogen) atoms. The Labute approximate surface area is 216 Å². The van der Waals surface area contributed by atoms with E-state index in [1.54, 1.807) is 12.1 Å². The molecular formula is C25H25F3N8O2. The fourth-order valence-corrected chi connectivity index (χ4v) is 4.67. The molecule has 5 rings (SSSR count). The lowest BCUT2D eigenvalue weighted by Gasteiger charge is -2.23. The van der Waals surface area contributed by atoms with Gasteiger partial charge in [0.1, 0.15) is 23.1 Å². The normalized spacial score (nSPS) is 15.5. The molecule has 0 aromatic carbocycles. The lowest BCUT2D eigenvalue weighted by molar-refractivity contribution is -0.137. The van der Waals surface area contributed by atoms with Gasteiger partial charge in [-0.15, -0.1) is 5.10 Å². The van der Waals surface area contributed by atoms with Crippen molar-refractivity contribution in [3.05, 3.63) is 59.3 Å². The number of halogens is 3. The lowest BCUT2D eigenvalue weighted by Crippen LogP contribution is -2.30. The number of alkyl halides is 3. The summed E-state index contributed by atoms with van der Waals surface area (Å²) in [5.41, 5.74) is 2.05. The van der Waals surface area contributed by atoms with Crippen molar-refractivity contribution in [1.29, 1.82) is 5.26 Å². The molecule has 198 valence electrons. The molecule has 1 N–H and O–H groups in total. The number of nitriles is 1. The second-order valence-electron chi connectivity index (χ2n) is 9.05. The molecule has 13 heteroatoms. The Morgan fingerprint density at radius 1 is 1.18 bits per heavy atom. The number of aromatic nitrogens is 6. The van der Waals surface area contributed by atoms with Crippen molar-refractivity contribution >= 4 is 5.65 Å². The second-order valence-corrected chi connectivity index (χ2v) is 9.05. The van der Waals surface area contributed by atoms with E-state index in [1.807, 2.05) is 11.6 Å². The summed E-state index contributed by atoms with van der Waals surface area (Å²) in [7, 11) is 1.42. The number of piperidine rings is 1. The topological polar surface area (TPSA) is 115 Å². The van der Waals surface area contributed by atoms with Crippen LogP contribution in [0.3, 0.4) is 0 Å². The molecule has 1 fully saturated rings. The molecule has 1 unspecified atom stereocenters. The second kappa shape index (κ2) is 10.4. The molecule has 10 nitrogen and oxygen atoms in total. The molecule has 1 aliphatic heterocycles. The lowest BCUT2D eigenvalue weighted by atomic mass is 10.1. The SMILES string of the molecule is COCC(Oc1cc(-c2nnn(C3CCNCC3)c2C)cc2ncc(C#N)n12)c1cncc(C(F)(F)F)c1. The van der Waals surface area contributed by atoms with Crippen molar-refractivity contribution < 1.29 is 22.6 Å². The summed E-state index contributed by atoms with van der Waals surface area (Å²) in [6.07, 6.45) is -0.183. The van der Waals surface area contributed by atoms with Crippen LogP contribution in [0.5, 0.6) is 5.88 Å². The maximum Gasteiger partial charge on any atom is 0.417 e. The summed E-state index contributed by atoms with van der Waals surface area (Å²) < 4.78 is 54.9. The molecule has 0 radical (unpaired) electrons. The van der Waals surface area contributed by atoms with Crippen LogP contribution < -0.4 is 10.1 Å². The Balaban J connectivity index is 1.57. The van der Waals surface area contributed by atoms with Gasteiger partial charge in [-0.25, -0.2) is 9.67 Å². The number of nitrogens with zero attached hydrogens (tertiary/aromatic N) is 7. The first-order valence-electron chi connectivity index (χ1n) is 12.0. The Bertz CT molecular complexity index is 1480. The molecule has 4 aromatic heterocycles. The van der Waals surface area contributed by atoms with Crippen LogP contribution in [0, 0.1) is 18.3 Å². The first-order chi connectivity index (χ1) is 18.3. The maximum atomic E-state index is 13.3. The van der Waals surface area contributed by atoms with Crippen LogP contribution in [0.25, 0.3) is 16.9 Å². The predicted molar refractivity (Wildman–Crippen MR) is 129 cm³/mol. The van der Waals surface area contributed by atoms with Crippen molar-refractivity contribution in [2.45, 2.75) is 38.1 Å². The molecule has 1 saturated heterocycles. The van der Waals surface area contributed by atoms with Crippen LogP contribution in [0.2, 0.25) is 0 Å². The van der Waals surface area contributed by atoms with Gasteiger partial charge in [0.2, 0.25) is 5.88 Å². The molecule has 0 aliphatic carbocycles. The number of pyridine rings is 2. The van der Waals surface area contributed by atoms with E-state index >= 15 is 0 Å². The molecule has 4 aromatic rings.